The fourth-order valence-electron chi connectivity index (χ4n) is 2.40. The zero-order valence-electron chi connectivity index (χ0n) is 13.3. The molecule has 0 radical (unpaired) electrons. The molecule has 0 unspecified atom stereocenters. The lowest BCUT2D eigenvalue weighted by atomic mass is 10.1. The van der Waals surface area contributed by atoms with E-state index in [1.165, 1.54) is 23.9 Å². The monoisotopic (exact) mass is 392 g/mol. The summed E-state index contributed by atoms with van der Waals surface area (Å²) < 4.78 is 45.6. The van der Waals surface area contributed by atoms with Gasteiger partial charge in [0.1, 0.15) is 0 Å². The van der Waals surface area contributed by atoms with Crippen molar-refractivity contribution in [2.75, 3.05) is 26.1 Å². The lowest BCUT2D eigenvalue weighted by molar-refractivity contribution is -0.201. The van der Waals surface area contributed by atoms with Crippen LogP contribution in [0.3, 0.4) is 0 Å². The molecular weight excluding hydrogens is 381 g/mol. The molecule has 2 aliphatic rings. The summed E-state index contributed by atoms with van der Waals surface area (Å²) in [6.45, 7) is 0. The molecule has 6 nitrogen and oxygen atoms in total. The summed E-state index contributed by atoms with van der Waals surface area (Å²) in [5.41, 5.74) is -2.76. The third-order valence-corrected chi connectivity index (χ3v) is 4.78. The topological polar surface area (TPSA) is 57.5 Å². The Kier molecular flexibility index (Phi) is 4.15. The lowest BCUT2D eigenvalue weighted by Gasteiger charge is -2.36. The number of guanidine groups is 1. The minimum Gasteiger partial charge on any atom is -0.465 e. The van der Waals surface area contributed by atoms with Crippen molar-refractivity contribution >= 4 is 46.1 Å². The van der Waals surface area contributed by atoms with Crippen LogP contribution in [0.5, 0.6) is 0 Å². The second kappa shape index (κ2) is 5.80. The van der Waals surface area contributed by atoms with Crippen LogP contribution in [0.15, 0.2) is 33.1 Å². The van der Waals surface area contributed by atoms with E-state index in [1.54, 1.807) is 18.2 Å². The van der Waals surface area contributed by atoms with Gasteiger partial charge in [0.2, 0.25) is 5.96 Å². The maximum atomic E-state index is 13.7. The SMILES string of the molecule is COC(=O)[C@@]1(C(F)(F)F)N=C2Sc3cc(Cl)ccc3N2C(N(C)C)=N1. The fourth-order valence-corrected chi connectivity index (χ4v) is 3.73. The summed E-state index contributed by atoms with van der Waals surface area (Å²) in [7, 11) is 3.92. The molecule has 0 aliphatic carbocycles. The van der Waals surface area contributed by atoms with Gasteiger partial charge in [-0.05, 0) is 30.0 Å². The molecular formula is C14H12ClF3N4O2S. The van der Waals surface area contributed by atoms with Gasteiger partial charge >= 0.3 is 17.8 Å². The number of carbonyl (C=O) groups is 1. The molecule has 1 aromatic carbocycles. The molecule has 11 heteroatoms. The van der Waals surface area contributed by atoms with E-state index < -0.39 is 17.8 Å². The van der Waals surface area contributed by atoms with Crippen molar-refractivity contribution in [3.05, 3.63) is 23.2 Å². The van der Waals surface area contributed by atoms with Crippen molar-refractivity contribution in [3.63, 3.8) is 0 Å². The first-order valence-electron chi connectivity index (χ1n) is 6.90. The zero-order chi connectivity index (χ0) is 18.6. The molecule has 2 heterocycles. The standard InChI is InChI=1S/C14H12ClF3N4O2S/c1-21(2)11-19-13(10(23)24-3,14(16,17)18)20-12-22(11)8-5-4-7(15)6-9(8)25-12/h4-6H,1-3H3/t13-/m0/s1. The number of carbonyl (C=O) groups excluding carboxylic acids is 1. The van der Waals surface area contributed by atoms with E-state index in [4.69, 9.17) is 11.6 Å². The van der Waals surface area contributed by atoms with Crippen LogP contribution in [0, 0.1) is 0 Å². The van der Waals surface area contributed by atoms with Gasteiger partial charge in [-0.2, -0.15) is 13.2 Å². The maximum Gasteiger partial charge on any atom is 0.446 e. The number of anilines is 1. The van der Waals surface area contributed by atoms with E-state index >= 15 is 0 Å². The summed E-state index contributed by atoms with van der Waals surface area (Å²) in [6.07, 6.45) is -5.06. The number of amidine groups is 1. The fraction of sp³-hybridized carbons (Fsp3) is 0.357. The van der Waals surface area contributed by atoms with Crippen LogP contribution in [-0.2, 0) is 9.53 Å². The number of ether oxygens (including phenoxy) is 1. The average Bonchev–Trinajstić information content (AvgIpc) is 2.88. The summed E-state index contributed by atoms with van der Waals surface area (Å²) in [6, 6.07) is 4.89. The average molecular weight is 393 g/mol. The molecule has 0 fully saturated rings. The molecule has 1 atom stereocenters. The van der Waals surface area contributed by atoms with E-state index in [-0.39, 0.29) is 11.1 Å². The molecule has 1 aromatic rings. The summed E-state index contributed by atoms with van der Waals surface area (Å²) in [5, 5.41) is 0.406. The smallest absolute Gasteiger partial charge is 0.446 e. The number of thioether (sulfide) groups is 1. The summed E-state index contributed by atoms with van der Waals surface area (Å²) in [4.78, 5) is 22.7. The first-order chi connectivity index (χ1) is 11.6. The quantitative estimate of drug-likeness (QED) is 0.688. The number of nitrogens with zero attached hydrogens (tertiary/aromatic N) is 4. The van der Waals surface area contributed by atoms with Crippen molar-refractivity contribution in [3.8, 4) is 0 Å². The lowest BCUT2D eigenvalue weighted by Crippen LogP contribution is -2.57. The molecule has 0 amide bonds. The number of esters is 1. The van der Waals surface area contributed by atoms with E-state index in [2.05, 4.69) is 14.7 Å². The Labute approximate surface area is 150 Å². The second-order valence-corrected chi connectivity index (χ2v) is 6.86. The van der Waals surface area contributed by atoms with Gasteiger partial charge in [0.25, 0.3) is 0 Å². The van der Waals surface area contributed by atoms with Crippen LogP contribution in [-0.4, -0.2) is 55.0 Å². The van der Waals surface area contributed by atoms with Gasteiger partial charge in [0, 0.05) is 24.0 Å². The van der Waals surface area contributed by atoms with Crippen LogP contribution in [0.2, 0.25) is 5.02 Å². The third-order valence-electron chi connectivity index (χ3n) is 3.54. The predicted molar refractivity (Wildman–Crippen MR) is 89.1 cm³/mol. The number of benzene rings is 1. The zero-order valence-corrected chi connectivity index (χ0v) is 14.8. The van der Waals surface area contributed by atoms with Gasteiger partial charge in [-0.25, -0.2) is 14.8 Å². The van der Waals surface area contributed by atoms with Gasteiger partial charge in [-0.3, -0.25) is 4.90 Å². The van der Waals surface area contributed by atoms with Gasteiger partial charge in [0.15, 0.2) is 5.17 Å². The molecule has 0 saturated heterocycles. The van der Waals surface area contributed by atoms with E-state index in [0.29, 0.717) is 15.6 Å². The number of hydrogen-bond donors (Lipinski definition) is 0. The first-order valence-corrected chi connectivity index (χ1v) is 8.10. The normalized spacial score (nSPS) is 22.0. The predicted octanol–water partition coefficient (Wildman–Crippen LogP) is 2.97. The van der Waals surface area contributed by atoms with Gasteiger partial charge < -0.3 is 9.64 Å². The van der Waals surface area contributed by atoms with Crippen LogP contribution in [0.4, 0.5) is 18.9 Å². The number of alkyl halides is 3. The molecule has 134 valence electrons. The Morgan fingerprint density at radius 1 is 1.36 bits per heavy atom. The highest BCUT2D eigenvalue weighted by Gasteiger charge is 2.65. The Hall–Kier alpha value is -1.94. The number of rotatable bonds is 1. The Bertz CT molecular complexity index is 812. The minimum atomic E-state index is -5.06. The molecule has 0 bridgehead atoms. The van der Waals surface area contributed by atoms with Crippen LogP contribution in [0.1, 0.15) is 0 Å². The first kappa shape index (κ1) is 17.9. The molecule has 3 rings (SSSR count). The number of methoxy groups -OCH3 is 1. The highest BCUT2D eigenvalue weighted by atomic mass is 35.5. The van der Waals surface area contributed by atoms with Gasteiger partial charge in [0.05, 0.1) is 12.8 Å². The van der Waals surface area contributed by atoms with E-state index in [0.717, 1.165) is 18.9 Å². The van der Waals surface area contributed by atoms with Crippen molar-refractivity contribution in [1.29, 1.82) is 0 Å². The number of aliphatic imine (C=N–C) groups is 2. The van der Waals surface area contributed by atoms with Gasteiger partial charge in [-0.15, -0.1) is 0 Å². The highest BCUT2D eigenvalue weighted by Crippen LogP contribution is 2.47. The molecule has 0 spiro atoms. The molecule has 0 saturated carbocycles. The Balaban J connectivity index is 2.24. The van der Waals surface area contributed by atoms with Crippen LogP contribution < -0.4 is 4.90 Å². The summed E-state index contributed by atoms with van der Waals surface area (Å²) >= 11 is 6.93. The molecule has 2 aliphatic heterocycles. The Morgan fingerprint density at radius 2 is 2.04 bits per heavy atom. The van der Waals surface area contributed by atoms with E-state index in [9.17, 15) is 18.0 Å². The van der Waals surface area contributed by atoms with Crippen LogP contribution >= 0.6 is 23.4 Å². The van der Waals surface area contributed by atoms with Crippen molar-refractivity contribution in [2.24, 2.45) is 9.98 Å². The van der Waals surface area contributed by atoms with Crippen LogP contribution in [0.25, 0.3) is 0 Å². The number of halogens is 4. The number of fused-ring (bicyclic) bond motifs is 3. The summed E-state index contributed by atoms with van der Waals surface area (Å²) in [5.74, 6) is -1.68. The largest absolute Gasteiger partial charge is 0.465 e. The van der Waals surface area contributed by atoms with Crippen molar-refractivity contribution in [1.82, 2.24) is 4.90 Å². The molecule has 0 aromatic heterocycles. The van der Waals surface area contributed by atoms with Crippen molar-refractivity contribution in [2.45, 2.75) is 16.7 Å². The van der Waals surface area contributed by atoms with E-state index in [1.807, 2.05) is 0 Å². The van der Waals surface area contributed by atoms with Gasteiger partial charge in [-0.1, -0.05) is 11.6 Å². The molecule has 0 N–H and O–H groups in total. The highest BCUT2D eigenvalue weighted by molar-refractivity contribution is 8.15. The third kappa shape index (κ3) is 2.63. The maximum absolute atomic E-state index is 13.7. The minimum absolute atomic E-state index is 0.0290. The Morgan fingerprint density at radius 3 is 2.60 bits per heavy atom. The molecule has 25 heavy (non-hydrogen) atoms. The number of hydrogen-bond acceptors (Lipinski definition) is 7. The van der Waals surface area contributed by atoms with Crippen molar-refractivity contribution < 1.29 is 22.7 Å². The second-order valence-electron chi connectivity index (χ2n) is 5.41.